The van der Waals surface area contributed by atoms with Crippen LogP contribution in [0.3, 0.4) is 0 Å². The molecule has 1 aromatic rings. The summed E-state index contributed by atoms with van der Waals surface area (Å²) in [6.07, 6.45) is 0.769. The Morgan fingerprint density at radius 2 is 1.74 bits per heavy atom. The molecule has 0 saturated carbocycles. The quantitative estimate of drug-likeness (QED) is 0.851. The number of hydrogen-bond acceptors (Lipinski definition) is 2. The normalized spacial score (nSPS) is 12.8. The summed E-state index contributed by atoms with van der Waals surface area (Å²) in [5.41, 5.74) is 4.19. The largest absolute Gasteiger partial charge is 0.396 e. The lowest BCUT2D eigenvalue weighted by atomic mass is 9.85. The summed E-state index contributed by atoms with van der Waals surface area (Å²) in [5, 5.41) is 12.6. The molecule has 0 fully saturated rings. The van der Waals surface area contributed by atoms with Crippen LogP contribution in [0.5, 0.6) is 0 Å². The summed E-state index contributed by atoms with van der Waals surface area (Å²) in [7, 11) is 0. The zero-order valence-corrected chi connectivity index (χ0v) is 13.3. The lowest BCUT2D eigenvalue weighted by molar-refractivity contribution is 0.230. The standard InChI is InChI=1S/C17H29NO/c1-13-7-8-15(16(2,3)4)11-14(13)12-18-17(5,6)9-10-19/h7-8,11,18-19H,9-10,12H2,1-6H3. The average Bonchev–Trinajstić information content (AvgIpc) is 2.26. The Kier molecular flexibility index (Phi) is 5.17. The van der Waals surface area contributed by atoms with Crippen LogP contribution in [-0.4, -0.2) is 17.3 Å². The predicted molar refractivity (Wildman–Crippen MR) is 82.5 cm³/mol. The molecule has 0 unspecified atom stereocenters. The van der Waals surface area contributed by atoms with Crippen LogP contribution in [0.25, 0.3) is 0 Å². The van der Waals surface area contributed by atoms with Crippen LogP contribution < -0.4 is 5.32 Å². The van der Waals surface area contributed by atoms with Crippen molar-refractivity contribution in [3.8, 4) is 0 Å². The summed E-state index contributed by atoms with van der Waals surface area (Å²) in [5.74, 6) is 0. The summed E-state index contributed by atoms with van der Waals surface area (Å²) in [4.78, 5) is 0. The number of nitrogens with one attached hydrogen (secondary N) is 1. The van der Waals surface area contributed by atoms with Crippen molar-refractivity contribution < 1.29 is 5.11 Å². The van der Waals surface area contributed by atoms with Crippen LogP contribution in [-0.2, 0) is 12.0 Å². The Morgan fingerprint density at radius 3 is 2.26 bits per heavy atom. The van der Waals surface area contributed by atoms with Gasteiger partial charge in [0.05, 0.1) is 0 Å². The van der Waals surface area contributed by atoms with Crippen molar-refractivity contribution >= 4 is 0 Å². The van der Waals surface area contributed by atoms with Gasteiger partial charge in [-0.05, 0) is 49.3 Å². The monoisotopic (exact) mass is 263 g/mol. The Labute approximate surface area is 118 Å². The van der Waals surface area contributed by atoms with E-state index in [1.54, 1.807) is 0 Å². The van der Waals surface area contributed by atoms with E-state index < -0.39 is 0 Å². The molecular weight excluding hydrogens is 234 g/mol. The fourth-order valence-electron chi connectivity index (χ4n) is 2.03. The number of rotatable bonds is 5. The molecule has 0 bridgehead atoms. The van der Waals surface area contributed by atoms with E-state index in [4.69, 9.17) is 5.11 Å². The Hall–Kier alpha value is -0.860. The van der Waals surface area contributed by atoms with E-state index in [-0.39, 0.29) is 17.6 Å². The van der Waals surface area contributed by atoms with Gasteiger partial charge in [0, 0.05) is 18.7 Å². The first-order valence-electron chi connectivity index (χ1n) is 7.11. The predicted octanol–water partition coefficient (Wildman–Crippen LogP) is 3.54. The minimum Gasteiger partial charge on any atom is -0.396 e. The molecule has 0 spiro atoms. The molecule has 108 valence electrons. The van der Waals surface area contributed by atoms with E-state index in [0.29, 0.717) is 0 Å². The Morgan fingerprint density at radius 1 is 1.11 bits per heavy atom. The summed E-state index contributed by atoms with van der Waals surface area (Å²) < 4.78 is 0. The molecule has 0 aromatic heterocycles. The van der Waals surface area contributed by atoms with E-state index in [0.717, 1.165) is 13.0 Å². The van der Waals surface area contributed by atoms with Gasteiger partial charge in [-0.3, -0.25) is 0 Å². The zero-order chi connectivity index (χ0) is 14.7. The molecule has 0 radical (unpaired) electrons. The van der Waals surface area contributed by atoms with Crippen LogP contribution in [0.15, 0.2) is 18.2 Å². The molecule has 19 heavy (non-hydrogen) atoms. The van der Waals surface area contributed by atoms with Gasteiger partial charge in [-0.1, -0.05) is 39.0 Å². The molecule has 1 aromatic carbocycles. The maximum Gasteiger partial charge on any atom is 0.0448 e. The van der Waals surface area contributed by atoms with Crippen molar-refractivity contribution in [3.05, 3.63) is 34.9 Å². The second-order valence-corrected chi connectivity index (χ2v) is 7.10. The number of aryl methyl sites for hydroxylation is 1. The number of hydrogen-bond donors (Lipinski definition) is 2. The van der Waals surface area contributed by atoms with Gasteiger partial charge in [-0.15, -0.1) is 0 Å². The third-order valence-corrected chi connectivity index (χ3v) is 3.71. The van der Waals surface area contributed by atoms with E-state index >= 15 is 0 Å². The highest BCUT2D eigenvalue weighted by Crippen LogP contribution is 2.24. The average molecular weight is 263 g/mol. The first kappa shape index (κ1) is 16.2. The third kappa shape index (κ3) is 4.96. The van der Waals surface area contributed by atoms with Gasteiger partial charge < -0.3 is 10.4 Å². The highest BCUT2D eigenvalue weighted by molar-refractivity contribution is 5.34. The summed E-state index contributed by atoms with van der Waals surface area (Å²) in [6.45, 7) is 14.2. The smallest absolute Gasteiger partial charge is 0.0448 e. The molecule has 2 N–H and O–H groups in total. The minimum atomic E-state index is -0.0288. The first-order chi connectivity index (χ1) is 8.65. The molecule has 0 amide bonds. The van der Waals surface area contributed by atoms with Gasteiger partial charge in [-0.25, -0.2) is 0 Å². The van der Waals surface area contributed by atoms with Crippen LogP contribution in [0, 0.1) is 6.92 Å². The van der Waals surface area contributed by atoms with Gasteiger partial charge in [0.15, 0.2) is 0 Å². The molecule has 0 aliphatic heterocycles. The molecule has 1 rings (SSSR count). The molecule has 0 saturated heterocycles. The van der Waals surface area contributed by atoms with Crippen molar-refractivity contribution in [2.75, 3.05) is 6.61 Å². The fourth-order valence-corrected chi connectivity index (χ4v) is 2.03. The van der Waals surface area contributed by atoms with Gasteiger partial charge >= 0.3 is 0 Å². The molecule has 0 heterocycles. The van der Waals surface area contributed by atoms with E-state index in [1.807, 2.05) is 0 Å². The van der Waals surface area contributed by atoms with Crippen molar-refractivity contribution in [3.63, 3.8) is 0 Å². The van der Waals surface area contributed by atoms with Crippen molar-refractivity contribution in [1.82, 2.24) is 5.32 Å². The van der Waals surface area contributed by atoms with Gasteiger partial charge in [0.25, 0.3) is 0 Å². The van der Waals surface area contributed by atoms with Crippen molar-refractivity contribution in [1.29, 1.82) is 0 Å². The van der Waals surface area contributed by atoms with Crippen LogP contribution >= 0.6 is 0 Å². The van der Waals surface area contributed by atoms with Gasteiger partial charge in [-0.2, -0.15) is 0 Å². The molecule has 2 nitrogen and oxygen atoms in total. The van der Waals surface area contributed by atoms with Crippen LogP contribution in [0.1, 0.15) is 57.7 Å². The van der Waals surface area contributed by atoms with Crippen LogP contribution in [0.2, 0.25) is 0 Å². The van der Waals surface area contributed by atoms with Gasteiger partial charge in [0.2, 0.25) is 0 Å². The highest BCUT2D eigenvalue weighted by atomic mass is 16.3. The third-order valence-electron chi connectivity index (χ3n) is 3.71. The Bertz CT molecular complexity index is 416. The summed E-state index contributed by atoms with van der Waals surface area (Å²) >= 11 is 0. The second-order valence-electron chi connectivity index (χ2n) is 7.10. The lowest BCUT2D eigenvalue weighted by Crippen LogP contribution is -2.39. The van der Waals surface area contributed by atoms with Crippen LogP contribution in [0.4, 0.5) is 0 Å². The number of aliphatic hydroxyl groups is 1. The maximum atomic E-state index is 9.06. The fraction of sp³-hybridized carbons (Fsp3) is 0.647. The van der Waals surface area contributed by atoms with Gasteiger partial charge in [0.1, 0.15) is 0 Å². The SMILES string of the molecule is Cc1ccc(C(C)(C)C)cc1CNC(C)(C)CCO. The van der Waals surface area contributed by atoms with E-state index in [1.165, 1.54) is 16.7 Å². The highest BCUT2D eigenvalue weighted by Gasteiger charge is 2.18. The molecule has 0 atom stereocenters. The minimum absolute atomic E-state index is 0.0288. The van der Waals surface area contributed by atoms with E-state index in [2.05, 4.69) is 65.1 Å². The lowest BCUT2D eigenvalue weighted by Gasteiger charge is -2.27. The molecular formula is C17H29NO. The summed E-state index contributed by atoms with van der Waals surface area (Å²) in [6, 6.07) is 6.73. The molecule has 0 aliphatic carbocycles. The topological polar surface area (TPSA) is 32.3 Å². The zero-order valence-electron chi connectivity index (χ0n) is 13.3. The van der Waals surface area contributed by atoms with Crippen molar-refractivity contribution in [2.45, 2.75) is 65.5 Å². The van der Waals surface area contributed by atoms with Crippen molar-refractivity contribution in [2.24, 2.45) is 0 Å². The first-order valence-corrected chi connectivity index (χ1v) is 7.11. The molecule has 0 aliphatic rings. The maximum absolute atomic E-state index is 9.06. The van der Waals surface area contributed by atoms with E-state index in [9.17, 15) is 0 Å². The second kappa shape index (κ2) is 6.06. The number of benzene rings is 1. The Balaban J connectivity index is 2.84. The molecule has 2 heteroatoms. The number of aliphatic hydroxyl groups excluding tert-OH is 1.